The van der Waals surface area contributed by atoms with E-state index in [4.69, 9.17) is 4.42 Å². The first-order valence-electron chi connectivity index (χ1n) is 12.5. The molecule has 0 radical (unpaired) electrons. The van der Waals surface area contributed by atoms with Gasteiger partial charge in [-0.25, -0.2) is 4.79 Å². The normalized spacial score (nSPS) is 18.1. The minimum Gasteiger partial charge on any atom is -0.464 e. The van der Waals surface area contributed by atoms with Crippen LogP contribution in [-0.2, 0) is 17.8 Å². The number of hydrogen-bond acceptors (Lipinski definition) is 5. The number of likely N-dealkylation sites (tertiary alicyclic amines) is 1. The minimum absolute atomic E-state index is 0.0221. The highest BCUT2D eigenvalue weighted by atomic mass is 16.3. The Bertz CT molecular complexity index is 1150. The fourth-order valence-electron chi connectivity index (χ4n) is 5.54. The highest BCUT2D eigenvalue weighted by molar-refractivity contribution is 6.07. The summed E-state index contributed by atoms with van der Waals surface area (Å²) >= 11 is 0. The van der Waals surface area contributed by atoms with Crippen LogP contribution in [-0.4, -0.2) is 63.3 Å². The molecule has 2 aromatic heterocycles. The molecule has 182 valence electrons. The topological polar surface area (TPSA) is 69.9 Å². The summed E-state index contributed by atoms with van der Waals surface area (Å²) in [6, 6.07) is 16.0. The third kappa shape index (κ3) is 4.48. The summed E-state index contributed by atoms with van der Waals surface area (Å²) in [6.45, 7) is 5.29. The first kappa shape index (κ1) is 23.3. The molecule has 5 rings (SSSR count). The van der Waals surface area contributed by atoms with Crippen molar-refractivity contribution in [1.82, 2.24) is 19.7 Å². The van der Waals surface area contributed by atoms with Crippen molar-refractivity contribution in [2.24, 2.45) is 0 Å². The molecular formula is C28H32N4O3. The Morgan fingerprint density at radius 1 is 1.03 bits per heavy atom. The number of furan rings is 1. The van der Waals surface area contributed by atoms with Gasteiger partial charge in [0.15, 0.2) is 0 Å². The monoisotopic (exact) mass is 472 g/mol. The lowest BCUT2D eigenvalue weighted by Gasteiger charge is -2.42. The van der Waals surface area contributed by atoms with Crippen LogP contribution >= 0.6 is 0 Å². The average Bonchev–Trinajstić information content (AvgIpc) is 3.49. The predicted octanol–water partition coefficient (Wildman–Crippen LogP) is 4.59. The van der Waals surface area contributed by atoms with E-state index in [2.05, 4.69) is 28.1 Å². The number of rotatable bonds is 8. The second kappa shape index (κ2) is 10.0. The molecule has 0 bridgehead atoms. The first-order chi connectivity index (χ1) is 17.1. The predicted molar refractivity (Wildman–Crippen MR) is 133 cm³/mol. The molecule has 1 spiro atoms. The summed E-state index contributed by atoms with van der Waals surface area (Å²) in [5, 5.41) is 0. The minimum atomic E-state index is -0.711. The van der Waals surface area contributed by atoms with Crippen LogP contribution in [0.5, 0.6) is 0 Å². The van der Waals surface area contributed by atoms with Gasteiger partial charge in [0.05, 0.1) is 6.26 Å². The number of benzene rings is 1. The second-order valence-corrected chi connectivity index (χ2v) is 9.39. The van der Waals surface area contributed by atoms with E-state index in [0.29, 0.717) is 25.9 Å². The number of nitrogens with zero attached hydrogens (tertiary/aromatic N) is 4. The van der Waals surface area contributed by atoms with Gasteiger partial charge in [0.1, 0.15) is 11.3 Å². The number of hydrogen-bond donors (Lipinski definition) is 0. The van der Waals surface area contributed by atoms with Crippen LogP contribution in [0.3, 0.4) is 0 Å². The quantitative estimate of drug-likeness (QED) is 0.449. The van der Waals surface area contributed by atoms with Gasteiger partial charge in [0.25, 0.3) is 5.91 Å². The van der Waals surface area contributed by atoms with E-state index >= 15 is 0 Å². The van der Waals surface area contributed by atoms with Gasteiger partial charge in [-0.05, 0) is 61.9 Å². The maximum absolute atomic E-state index is 13.6. The fraction of sp³-hybridized carbons (Fsp3) is 0.393. The molecule has 3 amide bonds. The Morgan fingerprint density at radius 3 is 2.57 bits per heavy atom. The number of pyridine rings is 1. The number of likely N-dealkylation sites (N-methyl/N-ethyl adjacent to an activating group) is 1. The van der Waals surface area contributed by atoms with Gasteiger partial charge in [-0.1, -0.05) is 30.3 Å². The lowest BCUT2D eigenvalue weighted by atomic mass is 9.85. The van der Waals surface area contributed by atoms with Crippen molar-refractivity contribution in [2.45, 2.75) is 44.7 Å². The van der Waals surface area contributed by atoms with Crippen molar-refractivity contribution in [3.63, 3.8) is 0 Å². The number of carbonyl (C=O) groups is 2. The molecule has 7 nitrogen and oxygen atoms in total. The molecule has 3 aromatic rings. The van der Waals surface area contributed by atoms with Crippen LogP contribution in [0.25, 0.3) is 11.3 Å². The van der Waals surface area contributed by atoms with Crippen molar-refractivity contribution >= 4 is 11.9 Å². The van der Waals surface area contributed by atoms with Gasteiger partial charge in [-0.3, -0.25) is 19.6 Å². The van der Waals surface area contributed by atoms with Crippen molar-refractivity contribution in [2.75, 3.05) is 26.2 Å². The third-order valence-electron chi connectivity index (χ3n) is 7.39. The molecule has 7 heteroatoms. The summed E-state index contributed by atoms with van der Waals surface area (Å²) in [5.74, 6) is 0.843. The van der Waals surface area contributed by atoms with E-state index in [1.54, 1.807) is 12.5 Å². The van der Waals surface area contributed by atoms with Crippen LogP contribution < -0.4 is 0 Å². The van der Waals surface area contributed by atoms with Gasteiger partial charge < -0.3 is 9.32 Å². The molecule has 2 aliphatic rings. The summed E-state index contributed by atoms with van der Waals surface area (Å²) in [6.07, 6.45) is 8.15. The molecule has 0 aliphatic carbocycles. The zero-order valence-electron chi connectivity index (χ0n) is 20.2. The first-order valence-corrected chi connectivity index (χ1v) is 12.5. The van der Waals surface area contributed by atoms with Gasteiger partial charge in [0, 0.05) is 50.7 Å². The van der Waals surface area contributed by atoms with E-state index in [9.17, 15) is 9.59 Å². The summed E-state index contributed by atoms with van der Waals surface area (Å²) in [5.41, 5.74) is 2.71. The number of urea groups is 1. The Labute approximate surface area is 206 Å². The number of imide groups is 1. The molecule has 2 saturated heterocycles. The van der Waals surface area contributed by atoms with Gasteiger partial charge in [-0.2, -0.15) is 0 Å². The number of amides is 3. The Balaban J connectivity index is 1.24. The molecule has 0 saturated carbocycles. The Kier molecular flexibility index (Phi) is 6.68. The van der Waals surface area contributed by atoms with Crippen molar-refractivity contribution in [3.8, 4) is 11.3 Å². The molecule has 1 aromatic carbocycles. The molecule has 0 unspecified atom stereocenters. The number of aromatic nitrogens is 1. The van der Waals surface area contributed by atoms with E-state index in [1.807, 2.05) is 48.4 Å². The maximum atomic E-state index is 13.6. The molecule has 35 heavy (non-hydrogen) atoms. The highest BCUT2D eigenvalue weighted by Crippen LogP contribution is 2.38. The Morgan fingerprint density at radius 2 is 1.86 bits per heavy atom. The van der Waals surface area contributed by atoms with Gasteiger partial charge >= 0.3 is 6.03 Å². The van der Waals surface area contributed by atoms with E-state index < -0.39 is 5.54 Å². The number of piperidine rings is 1. The van der Waals surface area contributed by atoms with Gasteiger partial charge in [-0.15, -0.1) is 0 Å². The van der Waals surface area contributed by atoms with Crippen molar-refractivity contribution in [3.05, 3.63) is 78.3 Å². The van der Waals surface area contributed by atoms with Crippen LogP contribution in [0.1, 0.15) is 37.3 Å². The van der Waals surface area contributed by atoms with Crippen LogP contribution in [0.2, 0.25) is 0 Å². The molecule has 4 heterocycles. The zero-order chi connectivity index (χ0) is 24.3. The van der Waals surface area contributed by atoms with E-state index in [0.717, 1.165) is 49.4 Å². The Hall–Kier alpha value is -3.45. The zero-order valence-corrected chi connectivity index (χ0v) is 20.2. The lowest BCUT2D eigenvalue weighted by molar-refractivity contribution is -0.135. The van der Waals surface area contributed by atoms with Crippen molar-refractivity contribution in [1.29, 1.82) is 0 Å². The fourth-order valence-corrected chi connectivity index (χ4v) is 5.54. The summed E-state index contributed by atoms with van der Waals surface area (Å²) in [7, 11) is 0. The molecule has 2 aliphatic heterocycles. The van der Waals surface area contributed by atoms with Crippen molar-refractivity contribution < 1.29 is 14.0 Å². The average molecular weight is 473 g/mol. The molecule has 0 atom stereocenters. The maximum Gasteiger partial charge on any atom is 0.327 e. The third-order valence-corrected chi connectivity index (χ3v) is 7.39. The largest absolute Gasteiger partial charge is 0.464 e. The number of aryl methyl sites for hydroxylation is 1. The van der Waals surface area contributed by atoms with Crippen LogP contribution in [0, 0.1) is 0 Å². The SMILES string of the molecule is CCN1C(=O)N(CCCc2cccnc2)C(=O)C12CCN(Cc1ccccc1-c1ccco1)CC2. The van der Waals surface area contributed by atoms with Crippen LogP contribution in [0.15, 0.2) is 71.6 Å². The van der Waals surface area contributed by atoms with Crippen LogP contribution in [0.4, 0.5) is 4.79 Å². The molecule has 0 N–H and O–H groups in total. The smallest absolute Gasteiger partial charge is 0.327 e. The van der Waals surface area contributed by atoms with E-state index in [1.165, 1.54) is 10.5 Å². The highest BCUT2D eigenvalue weighted by Gasteiger charge is 2.57. The molecule has 2 fully saturated rings. The lowest BCUT2D eigenvalue weighted by Crippen LogP contribution is -2.56. The van der Waals surface area contributed by atoms with Gasteiger partial charge in [0.2, 0.25) is 0 Å². The number of carbonyl (C=O) groups excluding carboxylic acids is 2. The summed E-state index contributed by atoms with van der Waals surface area (Å²) in [4.78, 5) is 36.6. The van der Waals surface area contributed by atoms with E-state index in [-0.39, 0.29) is 11.9 Å². The summed E-state index contributed by atoms with van der Waals surface area (Å²) < 4.78 is 5.64. The standard InChI is InChI=1S/C28H32N4O3/c1-2-32-27(34)31(16-6-9-22-8-5-15-29-20-22)26(33)28(32)13-17-30(18-14-28)21-23-10-3-4-11-24(23)25-12-7-19-35-25/h3-5,7-8,10-12,15,19-20H,2,6,9,13-14,16-18,21H2,1H3. The molecular weight excluding hydrogens is 440 g/mol. The second-order valence-electron chi connectivity index (χ2n) is 9.39.